The average Bonchev–Trinajstić information content (AvgIpc) is 2.51. The van der Waals surface area contributed by atoms with Gasteiger partial charge in [0.2, 0.25) is 5.91 Å². The van der Waals surface area contributed by atoms with E-state index in [0.29, 0.717) is 11.7 Å². The maximum Gasteiger partial charge on any atom is 0.222 e. The molecule has 0 bridgehead atoms. The molecule has 0 spiro atoms. The van der Waals surface area contributed by atoms with Crippen molar-refractivity contribution >= 4 is 22.4 Å². The van der Waals surface area contributed by atoms with Gasteiger partial charge in [0.25, 0.3) is 0 Å². The van der Waals surface area contributed by atoms with Gasteiger partial charge in [0.15, 0.2) is 5.13 Å². The zero-order valence-corrected chi connectivity index (χ0v) is 9.23. The minimum Gasteiger partial charge on any atom is -0.375 e. The summed E-state index contributed by atoms with van der Waals surface area (Å²) in [7, 11) is 0. The van der Waals surface area contributed by atoms with E-state index in [0.717, 1.165) is 12.1 Å². The third kappa shape index (κ3) is 3.33. The van der Waals surface area contributed by atoms with Crippen LogP contribution in [-0.2, 0) is 11.2 Å². The molecule has 3 N–H and O–H groups in total. The largest absolute Gasteiger partial charge is 0.375 e. The van der Waals surface area contributed by atoms with Crippen molar-refractivity contribution in [1.82, 2.24) is 10.3 Å². The fraction of sp³-hybridized carbons (Fsp3) is 0.556. The van der Waals surface area contributed by atoms with E-state index >= 15 is 0 Å². The topological polar surface area (TPSA) is 68.0 Å². The SMILES string of the molecule is CC(C)C(=O)NCCc1csc(N)n1. The van der Waals surface area contributed by atoms with Crippen LogP contribution >= 0.6 is 11.3 Å². The lowest BCUT2D eigenvalue weighted by atomic mass is 10.2. The summed E-state index contributed by atoms with van der Waals surface area (Å²) in [6, 6.07) is 0. The summed E-state index contributed by atoms with van der Waals surface area (Å²) < 4.78 is 0. The van der Waals surface area contributed by atoms with Crippen molar-refractivity contribution in [3.05, 3.63) is 11.1 Å². The van der Waals surface area contributed by atoms with Gasteiger partial charge in [-0.3, -0.25) is 4.79 Å². The number of nitrogens with zero attached hydrogens (tertiary/aromatic N) is 1. The van der Waals surface area contributed by atoms with E-state index in [2.05, 4.69) is 10.3 Å². The average molecular weight is 213 g/mol. The fourth-order valence-corrected chi connectivity index (χ4v) is 1.55. The number of carbonyl (C=O) groups excluding carboxylic acids is 1. The molecule has 0 fully saturated rings. The van der Waals surface area contributed by atoms with Gasteiger partial charge in [0.1, 0.15) is 0 Å². The summed E-state index contributed by atoms with van der Waals surface area (Å²) in [4.78, 5) is 15.3. The Balaban J connectivity index is 2.25. The molecule has 0 aliphatic carbocycles. The number of aromatic nitrogens is 1. The smallest absolute Gasteiger partial charge is 0.222 e. The lowest BCUT2D eigenvalue weighted by Gasteiger charge is -2.05. The summed E-state index contributed by atoms with van der Waals surface area (Å²) in [5.74, 6) is 0.115. The second kappa shape index (κ2) is 4.95. The number of rotatable bonds is 4. The first kappa shape index (κ1) is 11.0. The van der Waals surface area contributed by atoms with Crippen molar-refractivity contribution in [1.29, 1.82) is 0 Å². The first-order chi connectivity index (χ1) is 6.59. The molecule has 14 heavy (non-hydrogen) atoms. The quantitative estimate of drug-likeness (QED) is 0.785. The predicted octanol–water partition coefficient (Wildman–Crippen LogP) is 1.04. The summed E-state index contributed by atoms with van der Waals surface area (Å²) in [6.45, 7) is 4.37. The lowest BCUT2D eigenvalue weighted by Crippen LogP contribution is -2.29. The molecule has 0 saturated heterocycles. The highest BCUT2D eigenvalue weighted by molar-refractivity contribution is 7.13. The van der Waals surface area contributed by atoms with Gasteiger partial charge in [-0.1, -0.05) is 13.8 Å². The van der Waals surface area contributed by atoms with Crippen LogP contribution in [-0.4, -0.2) is 17.4 Å². The van der Waals surface area contributed by atoms with Gasteiger partial charge >= 0.3 is 0 Å². The molecule has 0 radical (unpaired) electrons. The molecule has 1 heterocycles. The number of amides is 1. The van der Waals surface area contributed by atoms with Gasteiger partial charge in [0, 0.05) is 24.3 Å². The number of hydrogen-bond acceptors (Lipinski definition) is 4. The number of nitrogens with one attached hydrogen (secondary N) is 1. The van der Waals surface area contributed by atoms with Crippen molar-refractivity contribution in [3.8, 4) is 0 Å². The molecule has 4 nitrogen and oxygen atoms in total. The summed E-state index contributed by atoms with van der Waals surface area (Å²) >= 11 is 1.42. The second-order valence-electron chi connectivity index (χ2n) is 3.37. The van der Waals surface area contributed by atoms with Gasteiger partial charge in [-0.2, -0.15) is 0 Å². The van der Waals surface area contributed by atoms with E-state index in [-0.39, 0.29) is 11.8 Å². The van der Waals surface area contributed by atoms with Gasteiger partial charge < -0.3 is 11.1 Å². The van der Waals surface area contributed by atoms with E-state index in [1.807, 2.05) is 19.2 Å². The van der Waals surface area contributed by atoms with Gasteiger partial charge in [0.05, 0.1) is 5.69 Å². The third-order valence-electron chi connectivity index (χ3n) is 1.77. The molecule has 0 saturated carbocycles. The van der Waals surface area contributed by atoms with E-state index < -0.39 is 0 Å². The molecule has 5 heteroatoms. The molecule has 0 atom stereocenters. The zero-order valence-electron chi connectivity index (χ0n) is 8.41. The summed E-state index contributed by atoms with van der Waals surface area (Å²) in [6.07, 6.45) is 0.742. The molecule has 0 aromatic carbocycles. The first-order valence-electron chi connectivity index (χ1n) is 4.57. The summed E-state index contributed by atoms with van der Waals surface area (Å²) in [5, 5.41) is 5.32. The normalized spacial score (nSPS) is 10.5. The zero-order chi connectivity index (χ0) is 10.6. The van der Waals surface area contributed by atoms with E-state index in [4.69, 9.17) is 5.73 Å². The molecule has 0 unspecified atom stereocenters. The molecule has 1 aromatic rings. The Labute approximate surface area is 87.5 Å². The number of hydrogen-bond donors (Lipinski definition) is 2. The molecule has 1 amide bonds. The fourth-order valence-electron chi connectivity index (χ4n) is 0.955. The van der Waals surface area contributed by atoms with Crippen LogP contribution in [0.4, 0.5) is 5.13 Å². The van der Waals surface area contributed by atoms with Crippen LogP contribution in [0.1, 0.15) is 19.5 Å². The van der Waals surface area contributed by atoms with Crippen LogP contribution in [0.5, 0.6) is 0 Å². The molecule has 0 aliphatic rings. The van der Waals surface area contributed by atoms with Crippen LogP contribution in [0, 0.1) is 5.92 Å². The van der Waals surface area contributed by atoms with Crippen molar-refractivity contribution in [3.63, 3.8) is 0 Å². The number of carbonyl (C=O) groups is 1. The number of nitrogens with two attached hydrogens (primary N) is 1. The van der Waals surface area contributed by atoms with Crippen LogP contribution in [0.2, 0.25) is 0 Å². The van der Waals surface area contributed by atoms with Crippen molar-refractivity contribution < 1.29 is 4.79 Å². The molecule has 1 rings (SSSR count). The second-order valence-corrected chi connectivity index (χ2v) is 4.26. The number of nitrogen functional groups attached to an aromatic ring is 1. The van der Waals surface area contributed by atoms with E-state index in [1.165, 1.54) is 11.3 Å². The number of thiazole rings is 1. The van der Waals surface area contributed by atoms with Gasteiger partial charge in [-0.15, -0.1) is 11.3 Å². The maximum atomic E-state index is 11.2. The molecule has 78 valence electrons. The molecule has 0 aliphatic heterocycles. The highest BCUT2D eigenvalue weighted by Gasteiger charge is 2.05. The van der Waals surface area contributed by atoms with Gasteiger partial charge in [-0.25, -0.2) is 4.98 Å². The van der Waals surface area contributed by atoms with E-state index in [1.54, 1.807) is 0 Å². The lowest BCUT2D eigenvalue weighted by molar-refractivity contribution is -0.123. The Morgan fingerprint density at radius 2 is 2.43 bits per heavy atom. The Kier molecular flexibility index (Phi) is 3.88. The highest BCUT2D eigenvalue weighted by atomic mass is 32.1. The third-order valence-corrected chi connectivity index (χ3v) is 2.50. The van der Waals surface area contributed by atoms with Crippen LogP contribution < -0.4 is 11.1 Å². The predicted molar refractivity (Wildman–Crippen MR) is 58.1 cm³/mol. The Bertz CT molecular complexity index is 309. The van der Waals surface area contributed by atoms with Crippen LogP contribution in [0.3, 0.4) is 0 Å². The van der Waals surface area contributed by atoms with Crippen molar-refractivity contribution in [2.45, 2.75) is 20.3 Å². The monoisotopic (exact) mass is 213 g/mol. The minimum absolute atomic E-state index is 0.0375. The minimum atomic E-state index is 0.0375. The molecular formula is C9H15N3OS. The molecular weight excluding hydrogens is 198 g/mol. The maximum absolute atomic E-state index is 11.2. The van der Waals surface area contributed by atoms with Crippen molar-refractivity contribution in [2.24, 2.45) is 5.92 Å². The highest BCUT2D eigenvalue weighted by Crippen LogP contribution is 2.10. The Hall–Kier alpha value is -1.10. The first-order valence-corrected chi connectivity index (χ1v) is 5.45. The van der Waals surface area contributed by atoms with Gasteiger partial charge in [-0.05, 0) is 0 Å². The van der Waals surface area contributed by atoms with Crippen LogP contribution in [0.15, 0.2) is 5.38 Å². The van der Waals surface area contributed by atoms with Crippen molar-refractivity contribution in [2.75, 3.05) is 12.3 Å². The van der Waals surface area contributed by atoms with E-state index in [9.17, 15) is 4.79 Å². The Morgan fingerprint density at radius 1 is 1.71 bits per heavy atom. The Morgan fingerprint density at radius 3 is 2.93 bits per heavy atom. The molecule has 1 aromatic heterocycles. The van der Waals surface area contributed by atoms with Crippen LogP contribution in [0.25, 0.3) is 0 Å². The summed E-state index contributed by atoms with van der Waals surface area (Å²) in [5.41, 5.74) is 6.42. The number of anilines is 1. The standard InChI is InChI=1S/C9H15N3OS/c1-6(2)8(13)11-4-3-7-5-14-9(10)12-7/h5-6H,3-4H2,1-2H3,(H2,10,12)(H,11,13).